The predicted octanol–water partition coefficient (Wildman–Crippen LogP) is 3.02. The van der Waals surface area contributed by atoms with E-state index in [2.05, 4.69) is 0 Å². The maximum absolute atomic E-state index is 12.8. The average molecular weight is 182 g/mol. The van der Waals surface area contributed by atoms with Crippen LogP contribution >= 0.6 is 11.6 Å². The molecule has 1 aromatic rings. The molecule has 0 saturated carbocycles. The van der Waals surface area contributed by atoms with Gasteiger partial charge in [0.1, 0.15) is 5.82 Å². The van der Waals surface area contributed by atoms with Crippen molar-refractivity contribution >= 4 is 17.7 Å². The molecule has 3 heteroatoms. The molecule has 0 fully saturated rings. The zero-order valence-electron chi connectivity index (χ0n) is 6.09. The zero-order valence-corrected chi connectivity index (χ0v) is 6.85. The van der Waals surface area contributed by atoms with Crippen molar-refractivity contribution in [1.29, 1.82) is 5.26 Å². The molecular weight excluding hydrogens is 177 g/mol. The quantitative estimate of drug-likeness (QED) is 0.611. The van der Waals surface area contributed by atoms with E-state index < -0.39 is 5.82 Å². The Labute approximate surface area is 74.7 Å². The third-order valence-electron chi connectivity index (χ3n) is 1.32. The highest BCUT2D eigenvalue weighted by Crippen LogP contribution is 2.20. The van der Waals surface area contributed by atoms with Crippen LogP contribution in [0, 0.1) is 17.1 Å². The monoisotopic (exact) mass is 181 g/mol. The number of benzene rings is 1. The molecule has 0 atom stereocenters. The standard InChI is InChI=1S/C9H5ClFN/c10-9-7(4-2-6-12)3-1-5-8(9)11/h1-5H/b4-2+. The van der Waals surface area contributed by atoms with Crippen LogP contribution in [0.2, 0.25) is 5.02 Å². The van der Waals surface area contributed by atoms with Gasteiger partial charge in [-0.25, -0.2) is 4.39 Å². The fourth-order valence-electron chi connectivity index (χ4n) is 0.776. The fraction of sp³-hybridized carbons (Fsp3) is 0. The average Bonchev–Trinajstić information content (AvgIpc) is 2.08. The fourth-order valence-corrected chi connectivity index (χ4v) is 0.965. The van der Waals surface area contributed by atoms with Crippen LogP contribution in [0.3, 0.4) is 0 Å². The molecule has 0 spiro atoms. The highest BCUT2D eigenvalue weighted by Gasteiger charge is 2.01. The SMILES string of the molecule is N#C/C=C/c1cccc(F)c1Cl. The Morgan fingerprint density at radius 1 is 1.50 bits per heavy atom. The number of rotatable bonds is 1. The summed E-state index contributed by atoms with van der Waals surface area (Å²) >= 11 is 5.59. The molecule has 1 rings (SSSR count). The van der Waals surface area contributed by atoms with E-state index in [9.17, 15) is 4.39 Å². The van der Waals surface area contributed by atoms with Crippen LogP contribution in [-0.2, 0) is 0 Å². The van der Waals surface area contributed by atoms with E-state index in [0.717, 1.165) is 0 Å². The predicted molar refractivity (Wildman–Crippen MR) is 46.1 cm³/mol. The van der Waals surface area contributed by atoms with Crippen molar-refractivity contribution in [3.05, 3.63) is 40.7 Å². The molecule has 0 aromatic heterocycles. The number of nitriles is 1. The van der Waals surface area contributed by atoms with Crippen molar-refractivity contribution in [2.24, 2.45) is 0 Å². The van der Waals surface area contributed by atoms with Crippen molar-refractivity contribution in [3.63, 3.8) is 0 Å². The number of halogens is 2. The lowest BCUT2D eigenvalue weighted by Crippen LogP contribution is -1.79. The molecule has 0 heterocycles. The maximum atomic E-state index is 12.8. The summed E-state index contributed by atoms with van der Waals surface area (Å²) in [6, 6.07) is 6.25. The van der Waals surface area contributed by atoms with E-state index >= 15 is 0 Å². The zero-order chi connectivity index (χ0) is 8.97. The van der Waals surface area contributed by atoms with Crippen LogP contribution in [0.25, 0.3) is 6.08 Å². The van der Waals surface area contributed by atoms with Gasteiger partial charge in [0.15, 0.2) is 0 Å². The largest absolute Gasteiger partial charge is 0.205 e. The van der Waals surface area contributed by atoms with E-state index in [4.69, 9.17) is 16.9 Å². The summed E-state index contributed by atoms with van der Waals surface area (Å²) in [6.45, 7) is 0. The van der Waals surface area contributed by atoms with E-state index in [-0.39, 0.29) is 5.02 Å². The minimum absolute atomic E-state index is 0.0454. The van der Waals surface area contributed by atoms with Crippen LogP contribution < -0.4 is 0 Å². The van der Waals surface area contributed by atoms with Gasteiger partial charge in [-0.3, -0.25) is 0 Å². The van der Waals surface area contributed by atoms with Crippen LogP contribution in [0.4, 0.5) is 4.39 Å². The summed E-state index contributed by atoms with van der Waals surface area (Å²) in [7, 11) is 0. The lowest BCUT2D eigenvalue weighted by molar-refractivity contribution is 0.628. The summed E-state index contributed by atoms with van der Waals surface area (Å²) in [6.07, 6.45) is 2.71. The molecular formula is C9H5ClFN. The third kappa shape index (κ3) is 1.84. The summed E-state index contributed by atoms with van der Waals surface area (Å²) in [5.41, 5.74) is 0.512. The van der Waals surface area contributed by atoms with Gasteiger partial charge in [0.2, 0.25) is 0 Å². The Balaban J connectivity index is 3.10. The normalized spacial score (nSPS) is 10.1. The summed E-state index contributed by atoms with van der Waals surface area (Å²) in [4.78, 5) is 0. The Morgan fingerprint density at radius 3 is 2.92 bits per heavy atom. The first kappa shape index (κ1) is 8.76. The molecule has 1 nitrogen and oxygen atoms in total. The van der Waals surface area contributed by atoms with Gasteiger partial charge in [0.25, 0.3) is 0 Å². The second kappa shape index (κ2) is 3.89. The van der Waals surface area contributed by atoms with Gasteiger partial charge in [-0.15, -0.1) is 0 Å². The minimum Gasteiger partial charge on any atom is -0.205 e. The molecule has 60 valence electrons. The van der Waals surface area contributed by atoms with Gasteiger partial charge in [-0.1, -0.05) is 23.7 Å². The molecule has 0 aliphatic heterocycles. The van der Waals surface area contributed by atoms with Crippen molar-refractivity contribution in [3.8, 4) is 6.07 Å². The van der Waals surface area contributed by atoms with E-state index in [0.29, 0.717) is 5.56 Å². The Bertz CT molecular complexity index is 352. The van der Waals surface area contributed by atoms with Crippen LogP contribution in [0.15, 0.2) is 24.3 Å². The van der Waals surface area contributed by atoms with Gasteiger partial charge in [0, 0.05) is 6.08 Å². The molecule has 0 saturated heterocycles. The minimum atomic E-state index is -0.475. The molecule has 0 radical (unpaired) electrons. The summed E-state index contributed by atoms with van der Waals surface area (Å²) in [5, 5.41) is 8.26. The number of allylic oxidation sites excluding steroid dienone is 1. The van der Waals surface area contributed by atoms with Crippen molar-refractivity contribution in [2.45, 2.75) is 0 Å². The first-order valence-corrected chi connectivity index (χ1v) is 3.63. The van der Waals surface area contributed by atoms with Crippen LogP contribution in [-0.4, -0.2) is 0 Å². The molecule has 0 aliphatic carbocycles. The molecule has 0 aliphatic rings. The number of hydrogen-bond acceptors (Lipinski definition) is 1. The maximum Gasteiger partial charge on any atom is 0.142 e. The first-order valence-electron chi connectivity index (χ1n) is 3.26. The molecule has 0 N–H and O–H groups in total. The van der Waals surface area contributed by atoms with Gasteiger partial charge in [-0.05, 0) is 17.7 Å². The van der Waals surface area contributed by atoms with Crippen molar-refractivity contribution < 1.29 is 4.39 Å². The summed E-state index contributed by atoms with van der Waals surface area (Å²) < 4.78 is 12.8. The molecule has 0 amide bonds. The number of nitrogens with zero attached hydrogens (tertiary/aromatic N) is 1. The van der Waals surface area contributed by atoms with Gasteiger partial charge < -0.3 is 0 Å². The Hall–Kier alpha value is -1.33. The third-order valence-corrected chi connectivity index (χ3v) is 1.72. The van der Waals surface area contributed by atoms with Crippen LogP contribution in [0.1, 0.15) is 5.56 Å². The smallest absolute Gasteiger partial charge is 0.142 e. The van der Waals surface area contributed by atoms with Gasteiger partial charge in [-0.2, -0.15) is 5.26 Å². The van der Waals surface area contributed by atoms with Crippen molar-refractivity contribution in [1.82, 2.24) is 0 Å². The van der Waals surface area contributed by atoms with Gasteiger partial charge >= 0.3 is 0 Å². The lowest BCUT2D eigenvalue weighted by atomic mass is 10.2. The highest BCUT2D eigenvalue weighted by atomic mass is 35.5. The molecule has 12 heavy (non-hydrogen) atoms. The summed E-state index contributed by atoms with van der Waals surface area (Å²) in [5.74, 6) is -0.475. The first-order chi connectivity index (χ1) is 5.75. The van der Waals surface area contributed by atoms with Gasteiger partial charge in [0.05, 0.1) is 11.1 Å². The molecule has 1 aromatic carbocycles. The number of hydrogen-bond donors (Lipinski definition) is 0. The highest BCUT2D eigenvalue weighted by molar-refractivity contribution is 6.32. The Kier molecular flexibility index (Phi) is 2.84. The van der Waals surface area contributed by atoms with Crippen LogP contribution in [0.5, 0.6) is 0 Å². The van der Waals surface area contributed by atoms with E-state index in [1.165, 1.54) is 24.3 Å². The van der Waals surface area contributed by atoms with E-state index in [1.54, 1.807) is 12.1 Å². The Morgan fingerprint density at radius 2 is 2.25 bits per heavy atom. The molecule has 0 unspecified atom stereocenters. The lowest BCUT2D eigenvalue weighted by Gasteiger charge is -1.96. The second-order valence-corrected chi connectivity index (χ2v) is 2.48. The second-order valence-electron chi connectivity index (χ2n) is 2.11. The van der Waals surface area contributed by atoms with Crippen molar-refractivity contribution in [2.75, 3.05) is 0 Å². The topological polar surface area (TPSA) is 23.8 Å². The molecule has 0 bridgehead atoms. The van der Waals surface area contributed by atoms with E-state index in [1.807, 2.05) is 0 Å².